The highest BCUT2D eigenvalue weighted by Crippen LogP contribution is 2.21. The molecule has 0 aromatic carbocycles. The minimum atomic E-state index is 0.206. The van der Waals surface area contributed by atoms with Crippen LogP contribution in [0, 0.1) is 0 Å². The smallest absolute Gasteiger partial charge is 0.0782 e. The molecule has 1 rings (SSSR count). The zero-order valence-electron chi connectivity index (χ0n) is 10.7. The molecule has 0 aliphatic heterocycles. The van der Waals surface area contributed by atoms with Gasteiger partial charge < -0.3 is 10.1 Å². The summed E-state index contributed by atoms with van der Waals surface area (Å²) >= 11 is 0. The summed E-state index contributed by atoms with van der Waals surface area (Å²) in [4.78, 5) is 0. The molecule has 0 saturated heterocycles. The lowest BCUT2D eigenvalue weighted by atomic mass is 10.1. The van der Waals surface area contributed by atoms with Crippen LogP contribution in [-0.4, -0.2) is 29.5 Å². The summed E-state index contributed by atoms with van der Waals surface area (Å²) in [7, 11) is 1.97. The predicted octanol–water partition coefficient (Wildman–Crippen LogP) is 1.98. The molecule has 92 valence electrons. The largest absolute Gasteiger partial charge is 0.376 e. The van der Waals surface area contributed by atoms with Gasteiger partial charge in [-0.05, 0) is 33.4 Å². The van der Waals surface area contributed by atoms with E-state index in [0.29, 0.717) is 0 Å². The van der Waals surface area contributed by atoms with Gasteiger partial charge in [0.25, 0.3) is 0 Å². The Bertz CT molecular complexity index is 298. The van der Waals surface area contributed by atoms with Gasteiger partial charge in [0.05, 0.1) is 17.8 Å². The molecule has 2 unspecified atom stereocenters. The first kappa shape index (κ1) is 13.2. The average molecular weight is 225 g/mol. The maximum absolute atomic E-state index is 5.76. The van der Waals surface area contributed by atoms with Crippen LogP contribution in [0.3, 0.4) is 0 Å². The summed E-state index contributed by atoms with van der Waals surface area (Å²) in [6.45, 7) is 7.93. The van der Waals surface area contributed by atoms with E-state index in [1.54, 1.807) is 0 Å². The Morgan fingerprint density at radius 1 is 1.44 bits per heavy atom. The highest BCUT2D eigenvalue weighted by atomic mass is 16.5. The van der Waals surface area contributed by atoms with Gasteiger partial charge >= 0.3 is 0 Å². The lowest BCUT2D eigenvalue weighted by molar-refractivity contribution is 0.0312. The first-order valence-corrected chi connectivity index (χ1v) is 6.08. The fourth-order valence-electron chi connectivity index (χ4n) is 2.06. The monoisotopic (exact) mass is 225 g/mol. The first-order chi connectivity index (χ1) is 7.78. The fourth-order valence-corrected chi connectivity index (χ4v) is 2.06. The topological polar surface area (TPSA) is 39.1 Å². The van der Waals surface area contributed by atoms with E-state index in [0.717, 1.165) is 19.6 Å². The van der Waals surface area contributed by atoms with Crippen molar-refractivity contribution in [3.05, 3.63) is 18.0 Å². The van der Waals surface area contributed by atoms with Gasteiger partial charge in [0.15, 0.2) is 0 Å². The number of hydrogen-bond acceptors (Lipinski definition) is 3. The van der Waals surface area contributed by atoms with E-state index in [1.165, 1.54) is 5.69 Å². The number of nitrogens with one attached hydrogen (secondary N) is 1. The van der Waals surface area contributed by atoms with Crippen molar-refractivity contribution >= 4 is 0 Å². The summed E-state index contributed by atoms with van der Waals surface area (Å²) in [6, 6.07) is 2.28. The van der Waals surface area contributed by atoms with Gasteiger partial charge in [-0.3, -0.25) is 4.68 Å². The van der Waals surface area contributed by atoms with Crippen LogP contribution >= 0.6 is 0 Å². The molecule has 0 fully saturated rings. The van der Waals surface area contributed by atoms with Crippen molar-refractivity contribution in [2.75, 3.05) is 13.7 Å². The summed E-state index contributed by atoms with van der Waals surface area (Å²) in [5, 5.41) is 7.63. The number of likely N-dealkylation sites (N-methyl/N-ethyl adjacent to an activating group) is 1. The van der Waals surface area contributed by atoms with Crippen molar-refractivity contribution in [2.24, 2.45) is 0 Å². The van der Waals surface area contributed by atoms with Gasteiger partial charge in [0.2, 0.25) is 0 Å². The van der Waals surface area contributed by atoms with Crippen molar-refractivity contribution in [1.82, 2.24) is 15.1 Å². The molecule has 1 aromatic rings. The molecule has 0 aliphatic rings. The maximum atomic E-state index is 5.76. The van der Waals surface area contributed by atoms with Crippen molar-refractivity contribution < 1.29 is 4.74 Å². The third kappa shape index (κ3) is 2.83. The lowest BCUT2D eigenvalue weighted by Gasteiger charge is -2.26. The number of aromatic nitrogens is 2. The number of rotatable bonds is 7. The lowest BCUT2D eigenvalue weighted by Crippen LogP contribution is -2.33. The molecule has 0 bridgehead atoms. The van der Waals surface area contributed by atoms with Gasteiger partial charge in [-0.15, -0.1) is 0 Å². The molecular formula is C12H23N3O. The Hall–Kier alpha value is -0.870. The van der Waals surface area contributed by atoms with Crippen molar-refractivity contribution in [3.8, 4) is 0 Å². The normalized spacial score (nSPS) is 15.0. The highest BCUT2D eigenvalue weighted by Gasteiger charge is 2.23. The van der Waals surface area contributed by atoms with Crippen LogP contribution in [0.5, 0.6) is 0 Å². The van der Waals surface area contributed by atoms with Crippen LogP contribution in [0.15, 0.2) is 12.3 Å². The van der Waals surface area contributed by atoms with E-state index >= 15 is 0 Å². The molecule has 0 spiro atoms. The van der Waals surface area contributed by atoms with E-state index in [9.17, 15) is 0 Å². The van der Waals surface area contributed by atoms with E-state index in [1.807, 2.05) is 24.9 Å². The van der Waals surface area contributed by atoms with Crippen LogP contribution < -0.4 is 5.32 Å². The Morgan fingerprint density at radius 3 is 2.69 bits per heavy atom. The fraction of sp³-hybridized carbons (Fsp3) is 0.750. The minimum Gasteiger partial charge on any atom is -0.376 e. The Labute approximate surface area is 98.0 Å². The highest BCUT2D eigenvalue weighted by molar-refractivity contribution is 5.09. The molecular weight excluding hydrogens is 202 g/mol. The molecule has 0 radical (unpaired) electrons. The van der Waals surface area contributed by atoms with Crippen LogP contribution in [0.4, 0.5) is 0 Å². The molecule has 2 atom stereocenters. The van der Waals surface area contributed by atoms with Crippen LogP contribution in [0.25, 0.3) is 0 Å². The van der Waals surface area contributed by atoms with Gasteiger partial charge in [-0.2, -0.15) is 5.10 Å². The van der Waals surface area contributed by atoms with E-state index in [-0.39, 0.29) is 12.1 Å². The molecule has 4 heteroatoms. The third-order valence-electron chi connectivity index (χ3n) is 2.83. The summed E-state index contributed by atoms with van der Waals surface area (Å²) in [6.07, 6.45) is 3.05. The third-order valence-corrected chi connectivity index (χ3v) is 2.83. The van der Waals surface area contributed by atoms with Crippen LogP contribution in [-0.2, 0) is 11.3 Å². The molecule has 0 saturated carbocycles. The quantitative estimate of drug-likeness (QED) is 0.771. The molecule has 4 nitrogen and oxygen atoms in total. The summed E-state index contributed by atoms with van der Waals surface area (Å²) in [5.41, 5.74) is 1.20. The maximum Gasteiger partial charge on any atom is 0.0782 e. The predicted molar refractivity (Wildman–Crippen MR) is 65.4 cm³/mol. The number of hydrogen-bond donors (Lipinski definition) is 1. The number of aryl methyl sites for hydroxylation is 1. The molecule has 1 heterocycles. The van der Waals surface area contributed by atoms with Gasteiger partial charge in [0, 0.05) is 19.3 Å². The number of nitrogens with zero attached hydrogens (tertiary/aromatic N) is 2. The number of ether oxygens (including phenoxy) is 1. The van der Waals surface area contributed by atoms with Crippen molar-refractivity contribution in [2.45, 2.75) is 45.9 Å². The SMILES string of the molecule is CCOC(CC)C(NC)c1ccnn1CC. The van der Waals surface area contributed by atoms with Gasteiger partial charge in [-0.25, -0.2) is 0 Å². The zero-order chi connectivity index (χ0) is 12.0. The Morgan fingerprint density at radius 2 is 2.19 bits per heavy atom. The van der Waals surface area contributed by atoms with E-state index in [4.69, 9.17) is 4.74 Å². The van der Waals surface area contributed by atoms with Crippen molar-refractivity contribution in [1.29, 1.82) is 0 Å². The molecule has 0 amide bonds. The van der Waals surface area contributed by atoms with Crippen LogP contribution in [0.2, 0.25) is 0 Å². The van der Waals surface area contributed by atoms with Gasteiger partial charge in [0.1, 0.15) is 0 Å². The zero-order valence-corrected chi connectivity index (χ0v) is 10.7. The summed E-state index contributed by atoms with van der Waals surface area (Å²) in [5.74, 6) is 0. The Kier molecular flexibility index (Phi) is 5.49. The average Bonchev–Trinajstić information content (AvgIpc) is 2.77. The molecule has 0 aliphatic carbocycles. The minimum absolute atomic E-state index is 0.206. The second kappa shape index (κ2) is 6.66. The van der Waals surface area contributed by atoms with Crippen LogP contribution in [0.1, 0.15) is 38.9 Å². The Balaban J connectivity index is 2.87. The van der Waals surface area contributed by atoms with E-state index in [2.05, 4.69) is 30.3 Å². The van der Waals surface area contributed by atoms with Crippen molar-refractivity contribution in [3.63, 3.8) is 0 Å². The molecule has 1 N–H and O–H groups in total. The second-order valence-electron chi connectivity index (χ2n) is 3.74. The second-order valence-corrected chi connectivity index (χ2v) is 3.74. The first-order valence-electron chi connectivity index (χ1n) is 6.08. The molecule has 16 heavy (non-hydrogen) atoms. The standard InChI is InChI=1S/C12H23N3O/c1-5-11(16-7-3)12(13-4)10-8-9-14-15(10)6-2/h8-9,11-13H,5-7H2,1-4H3. The van der Waals surface area contributed by atoms with Gasteiger partial charge in [-0.1, -0.05) is 6.92 Å². The van der Waals surface area contributed by atoms with E-state index < -0.39 is 0 Å². The molecule has 1 aromatic heterocycles. The summed E-state index contributed by atoms with van der Waals surface area (Å²) < 4.78 is 7.78.